The van der Waals surface area contributed by atoms with E-state index in [9.17, 15) is 0 Å². The number of hydrogen-bond donors (Lipinski definition) is 0. The standard InChI is InChI=1S/4C7H7.BrH.O.2Sn/c4*1-7-5-3-2-4-6-7;;;;/h4*2-6H,1H2;1H;;;/q;;;;;;;+1/p-1. The number of benzene rings is 4. The number of hydrogen-bond acceptors (Lipinski definition) is 1. The Hall–Kier alpha value is -1.08. The van der Waals surface area contributed by atoms with Gasteiger partial charge in [0.15, 0.2) is 0 Å². The molecule has 0 saturated carbocycles. The van der Waals surface area contributed by atoms with Crippen molar-refractivity contribution in [2.45, 2.75) is 17.7 Å². The molecule has 0 aliphatic heterocycles. The van der Waals surface area contributed by atoms with Gasteiger partial charge in [0.25, 0.3) is 0 Å². The van der Waals surface area contributed by atoms with Crippen LogP contribution >= 0.6 is 12.7 Å². The second-order valence-corrected chi connectivity index (χ2v) is 34.5. The molecule has 1 nitrogen and oxygen atoms in total. The fraction of sp³-hybridized carbons (Fsp3) is 0.143. The van der Waals surface area contributed by atoms with Gasteiger partial charge >= 0.3 is 212 Å². The third-order valence-corrected chi connectivity index (χ3v) is 40.8. The van der Waals surface area contributed by atoms with E-state index >= 15 is 0 Å². The van der Waals surface area contributed by atoms with E-state index in [2.05, 4.69) is 134 Å². The summed E-state index contributed by atoms with van der Waals surface area (Å²) in [6.45, 7) is 0. The molecular weight excluding hydrogens is 670 g/mol. The van der Waals surface area contributed by atoms with Crippen LogP contribution in [0.25, 0.3) is 0 Å². The second kappa shape index (κ2) is 12.4. The summed E-state index contributed by atoms with van der Waals surface area (Å²) in [7, 11) is 0. The molecule has 0 bridgehead atoms. The van der Waals surface area contributed by atoms with Crippen molar-refractivity contribution in [3.63, 3.8) is 0 Å². The molecule has 0 aromatic heterocycles. The van der Waals surface area contributed by atoms with E-state index in [0.717, 1.165) is 17.7 Å². The maximum atomic E-state index is 7.38. The van der Waals surface area contributed by atoms with Crippen LogP contribution in [0.5, 0.6) is 0 Å². The summed E-state index contributed by atoms with van der Waals surface area (Å²) in [6, 6.07) is 43.6. The molecule has 0 unspecified atom stereocenters. The minimum absolute atomic E-state index is 1.05. The fourth-order valence-electron chi connectivity index (χ4n) is 3.98. The molecule has 0 spiro atoms. The average molecular weight is 698 g/mol. The molecular formula is C28H28BrOSn2. The van der Waals surface area contributed by atoms with E-state index in [-0.39, 0.29) is 0 Å². The topological polar surface area (TPSA) is 9.23 Å². The number of halogens is 1. The Kier molecular flexibility index (Phi) is 9.32. The molecule has 4 heteroatoms. The summed E-state index contributed by atoms with van der Waals surface area (Å²) < 4.78 is 11.7. The van der Waals surface area contributed by atoms with Crippen LogP contribution in [0, 0.1) is 0 Å². The Bertz CT molecular complexity index is 977. The van der Waals surface area contributed by atoms with Gasteiger partial charge in [-0.05, 0) is 0 Å². The Labute approximate surface area is 210 Å². The van der Waals surface area contributed by atoms with Crippen molar-refractivity contribution in [2.24, 2.45) is 0 Å². The van der Waals surface area contributed by atoms with Gasteiger partial charge < -0.3 is 0 Å². The monoisotopic (exact) mass is 699 g/mol. The van der Waals surface area contributed by atoms with Crippen LogP contribution < -0.4 is 0 Å². The third-order valence-electron chi connectivity index (χ3n) is 5.44. The maximum absolute atomic E-state index is 7.38. The fourth-order valence-corrected chi connectivity index (χ4v) is 45.8. The van der Waals surface area contributed by atoms with Crippen molar-refractivity contribution in [1.29, 1.82) is 0 Å². The van der Waals surface area contributed by atoms with Crippen LogP contribution in [-0.2, 0) is 19.2 Å². The molecule has 32 heavy (non-hydrogen) atoms. The van der Waals surface area contributed by atoms with Crippen LogP contribution in [0.1, 0.15) is 22.3 Å². The van der Waals surface area contributed by atoms with E-state index in [1.54, 1.807) is 0 Å². The molecule has 0 N–H and O–H groups in total. The predicted octanol–water partition coefficient (Wildman–Crippen LogP) is 6.96. The zero-order valence-electron chi connectivity index (χ0n) is 18.2. The molecule has 4 aromatic carbocycles. The third kappa shape index (κ3) is 7.75. The van der Waals surface area contributed by atoms with Crippen molar-refractivity contribution < 1.29 is 1.41 Å². The van der Waals surface area contributed by atoms with Gasteiger partial charge in [0.2, 0.25) is 0 Å². The van der Waals surface area contributed by atoms with Crippen LogP contribution in [0.3, 0.4) is 0 Å². The summed E-state index contributed by atoms with van der Waals surface area (Å²) in [5.41, 5.74) is 5.60. The SMILES string of the molecule is [Br][Sn]([CH2]c1ccccc1)([CH2]c1ccccc1)[O][Sn]([CH2]c1ccccc1)[CH2]c1ccccc1. The number of rotatable bonds is 10. The molecule has 0 aliphatic carbocycles. The van der Waals surface area contributed by atoms with Gasteiger partial charge in [-0.3, -0.25) is 0 Å². The summed E-state index contributed by atoms with van der Waals surface area (Å²) in [5.74, 6) is 0. The van der Waals surface area contributed by atoms with Crippen molar-refractivity contribution in [2.75, 3.05) is 0 Å². The molecule has 0 heterocycles. The Morgan fingerprint density at radius 1 is 0.500 bits per heavy atom. The predicted molar refractivity (Wildman–Crippen MR) is 142 cm³/mol. The van der Waals surface area contributed by atoms with Gasteiger partial charge in [0.1, 0.15) is 0 Å². The van der Waals surface area contributed by atoms with E-state index in [1.165, 1.54) is 22.3 Å². The van der Waals surface area contributed by atoms with Gasteiger partial charge in [-0.15, -0.1) is 0 Å². The van der Waals surface area contributed by atoms with Gasteiger partial charge in [-0.1, -0.05) is 0 Å². The first kappa shape index (κ1) is 24.1. The van der Waals surface area contributed by atoms with E-state index in [1.807, 2.05) is 0 Å². The molecule has 4 rings (SSSR count). The van der Waals surface area contributed by atoms with Gasteiger partial charge in [0, 0.05) is 0 Å². The molecule has 1 radical (unpaired) electrons. The van der Waals surface area contributed by atoms with Crippen molar-refractivity contribution >= 4 is 49.4 Å². The van der Waals surface area contributed by atoms with E-state index in [0.29, 0.717) is 0 Å². The van der Waals surface area contributed by atoms with Gasteiger partial charge in [-0.2, -0.15) is 0 Å². The van der Waals surface area contributed by atoms with Gasteiger partial charge in [0.05, 0.1) is 0 Å². The van der Waals surface area contributed by atoms with E-state index < -0.39 is 36.7 Å². The first-order chi connectivity index (χ1) is 15.7. The van der Waals surface area contributed by atoms with E-state index in [4.69, 9.17) is 1.41 Å². The molecule has 0 atom stereocenters. The van der Waals surface area contributed by atoms with Crippen LogP contribution in [0.2, 0.25) is 0 Å². The van der Waals surface area contributed by atoms with Crippen LogP contribution in [0.15, 0.2) is 121 Å². The molecule has 161 valence electrons. The second-order valence-electron chi connectivity index (χ2n) is 8.17. The Balaban J connectivity index is 1.61. The molecule has 0 saturated heterocycles. The Morgan fingerprint density at radius 2 is 0.812 bits per heavy atom. The zero-order valence-corrected chi connectivity index (χ0v) is 25.5. The summed E-state index contributed by atoms with van der Waals surface area (Å²) >= 11 is -1.05. The molecule has 0 aliphatic rings. The minimum atomic E-state index is -3.12. The normalized spacial score (nSPS) is 11.6. The summed E-state index contributed by atoms with van der Waals surface area (Å²) in [6.07, 6.45) is 0. The molecule has 0 amide bonds. The van der Waals surface area contributed by atoms with Crippen LogP contribution in [0.4, 0.5) is 0 Å². The quantitative estimate of drug-likeness (QED) is 0.163. The molecule has 0 fully saturated rings. The first-order valence-electron chi connectivity index (χ1n) is 11.1. The van der Waals surface area contributed by atoms with Crippen molar-refractivity contribution in [3.05, 3.63) is 144 Å². The first-order valence-corrected chi connectivity index (χ1v) is 27.9. The average Bonchev–Trinajstić information content (AvgIpc) is 2.81. The van der Waals surface area contributed by atoms with Crippen molar-refractivity contribution in [1.82, 2.24) is 0 Å². The Morgan fingerprint density at radius 3 is 1.16 bits per heavy atom. The van der Waals surface area contributed by atoms with Crippen molar-refractivity contribution in [3.8, 4) is 0 Å². The zero-order chi connectivity index (χ0) is 22.1. The summed E-state index contributed by atoms with van der Waals surface area (Å²) in [5, 5.41) is 0. The van der Waals surface area contributed by atoms with Gasteiger partial charge in [-0.25, -0.2) is 0 Å². The summed E-state index contributed by atoms with van der Waals surface area (Å²) in [4.78, 5) is 0. The van der Waals surface area contributed by atoms with Crippen LogP contribution in [-0.4, -0.2) is 36.7 Å². The molecule has 4 aromatic rings.